The summed E-state index contributed by atoms with van der Waals surface area (Å²) in [5.41, 5.74) is 24.5. The summed E-state index contributed by atoms with van der Waals surface area (Å²) < 4.78 is 0. The fraction of sp³-hybridized carbons (Fsp3) is 0.600. The molecule has 0 spiro atoms. The third-order valence-corrected chi connectivity index (χ3v) is 30.5. The van der Waals surface area contributed by atoms with E-state index in [1.54, 1.807) is 44.6 Å². The fourth-order valence-electron chi connectivity index (χ4n) is 8.69. The smallest absolute Gasteiger partial charge is 0.126 e. The summed E-state index contributed by atoms with van der Waals surface area (Å²) in [5, 5.41) is 0.726. The molecule has 0 bridgehead atoms. The first-order valence-electron chi connectivity index (χ1n) is 16.4. The Balaban J connectivity index is 0.000000307. The topological polar surface area (TPSA) is 0 Å². The fourth-order valence-corrected chi connectivity index (χ4v) is 22.0. The van der Waals surface area contributed by atoms with Crippen molar-refractivity contribution >= 4 is 45.4 Å². The number of allylic oxidation sites excluding steroid dienone is 16. The average Bonchev–Trinajstić information content (AvgIpc) is 3.40. The van der Waals surface area contributed by atoms with E-state index in [2.05, 4.69) is 169 Å². The van der Waals surface area contributed by atoms with Crippen molar-refractivity contribution < 1.29 is 27.7 Å². The van der Waals surface area contributed by atoms with Crippen LogP contribution < -0.4 is 0 Å². The first-order chi connectivity index (χ1) is 19.9. The van der Waals surface area contributed by atoms with E-state index in [1.165, 1.54) is 44.6 Å². The van der Waals surface area contributed by atoms with Gasteiger partial charge >= 0.3 is 0 Å². The zero-order chi connectivity index (χ0) is 34.4. The molecule has 4 rings (SSSR count). The van der Waals surface area contributed by atoms with Crippen LogP contribution in [0, 0.1) is 0 Å². The Labute approximate surface area is 318 Å². The van der Waals surface area contributed by atoms with E-state index in [-0.39, 0.29) is 47.8 Å². The third-order valence-electron chi connectivity index (χ3n) is 14.5. The standard InChI is InChI=1S/2C20H30BrSi.Hg/c2*1-11-12(2)16(6)19(9,15(11)5)22(21)20(10)17(7)13(3)14(4)18(20)8;/h2*1-10H3;. The second-order valence-corrected chi connectivity index (χ2v) is 25.1. The van der Waals surface area contributed by atoms with Crippen molar-refractivity contribution in [3.05, 3.63) is 89.2 Å². The number of rotatable bonds is 4. The van der Waals surface area contributed by atoms with Crippen molar-refractivity contribution in [2.45, 2.75) is 159 Å². The van der Waals surface area contributed by atoms with Crippen LogP contribution in [0.25, 0.3) is 0 Å². The largest absolute Gasteiger partial charge is 0.164 e. The van der Waals surface area contributed by atoms with Crippen LogP contribution in [0.1, 0.15) is 138 Å². The van der Waals surface area contributed by atoms with Gasteiger partial charge in [-0.15, -0.1) is 30.6 Å². The van der Waals surface area contributed by atoms with Crippen molar-refractivity contribution in [3.63, 3.8) is 0 Å². The predicted octanol–water partition coefficient (Wildman–Crippen LogP) is 14.5. The summed E-state index contributed by atoms with van der Waals surface area (Å²) in [6.45, 7) is 47.0. The van der Waals surface area contributed by atoms with Gasteiger partial charge in [0, 0.05) is 47.8 Å². The van der Waals surface area contributed by atoms with E-state index in [4.69, 9.17) is 0 Å². The molecule has 0 amide bonds. The molecular weight excluding hydrogens is 897 g/mol. The van der Waals surface area contributed by atoms with Crippen LogP contribution in [0.3, 0.4) is 0 Å². The minimum Gasteiger partial charge on any atom is -0.126 e. The molecule has 0 fully saturated rings. The number of hydrogen-bond donors (Lipinski definition) is 0. The van der Waals surface area contributed by atoms with E-state index in [1.807, 2.05) is 0 Å². The first-order valence-corrected chi connectivity index (χ1v) is 23.9. The van der Waals surface area contributed by atoms with Gasteiger partial charge in [-0.1, -0.05) is 72.3 Å². The summed E-state index contributed by atoms with van der Waals surface area (Å²) in [6, 6.07) is 0. The van der Waals surface area contributed by atoms with Gasteiger partial charge in [-0.05, 0) is 155 Å². The Bertz CT molecular complexity index is 1250. The summed E-state index contributed by atoms with van der Waals surface area (Å²) in [4.78, 5) is 0. The predicted molar refractivity (Wildman–Crippen MR) is 210 cm³/mol. The van der Waals surface area contributed by atoms with Gasteiger partial charge in [0.2, 0.25) is 0 Å². The molecule has 0 nitrogen and oxygen atoms in total. The first kappa shape index (κ1) is 41.4. The second kappa shape index (κ2) is 13.5. The summed E-state index contributed by atoms with van der Waals surface area (Å²) in [7, 11) is -1.77. The van der Waals surface area contributed by atoms with Crippen molar-refractivity contribution in [2.75, 3.05) is 0 Å². The molecule has 5 heteroatoms. The molecule has 2 radical (unpaired) electrons. The molecule has 0 atom stereocenters. The maximum atomic E-state index is 4.28. The molecule has 244 valence electrons. The molecule has 0 saturated carbocycles. The van der Waals surface area contributed by atoms with Gasteiger partial charge in [-0.2, -0.15) is 0 Å². The average molecular weight is 957 g/mol. The van der Waals surface area contributed by atoms with Crippen molar-refractivity contribution in [1.29, 1.82) is 0 Å². The van der Waals surface area contributed by atoms with E-state index in [0.29, 0.717) is 0 Å². The minimum atomic E-state index is -0.886. The van der Waals surface area contributed by atoms with E-state index in [0.717, 1.165) is 0 Å². The molecule has 4 aliphatic rings. The normalized spacial score (nSPS) is 24.0. The molecule has 0 unspecified atom stereocenters. The maximum absolute atomic E-state index is 4.28. The van der Waals surface area contributed by atoms with Gasteiger partial charge in [-0.3, -0.25) is 0 Å². The molecule has 0 saturated heterocycles. The third kappa shape index (κ3) is 5.46. The Kier molecular flexibility index (Phi) is 12.4. The molecule has 45 heavy (non-hydrogen) atoms. The van der Waals surface area contributed by atoms with E-state index < -0.39 is 14.8 Å². The zero-order valence-electron chi connectivity index (χ0n) is 32.5. The van der Waals surface area contributed by atoms with Crippen LogP contribution in [0.5, 0.6) is 0 Å². The molecule has 0 heterocycles. The van der Waals surface area contributed by atoms with Crippen molar-refractivity contribution in [2.24, 2.45) is 0 Å². The van der Waals surface area contributed by atoms with Crippen LogP contribution >= 0.6 is 30.6 Å². The molecule has 0 aromatic carbocycles. The summed E-state index contributed by atoms with van der Waals surface area (Å²) >= 11 is 8.56. The zero-order valence-corrected chi connectivity index (χ0v) is 43.1. The Morgan fingerprint density at radius 2 is 0.378 bits per heavy atom. The molecule has 0 aliphatic heterocycles. The summed E-state index contributed by atoms with van der Waals surface area (Å²) in [5.74, 6) is 0. The monoisotopic (exact) mass is 956 g/mol. The van der Waals surface area contributed by atoms with Crippen LogP contribution in [-0.4, -0.2) is 14.8 Å². The van der Waals surface area contributed by atoms with Crippen LogP contribution in [-0.2, 0) is 27.7 Å². The van der Waals surface area contributed by atoms with Gasteiger partial charge in [-0.25, -0.2) is 0 Å². The summed E-state index contributed by atoms with van der Waals surface area (Å²) in [6.07, 6.45) is 0. The van der Waals surface area contributed by atoms with Crippen molar-refractivity contribution in [3.8, 4) is 0 Å². The van der Waals surface area contributed by atoms with Gasteiger partial charge in [0.25, 0.3) is 0 Å². The van der Waals surface area contributed by atoms with Gasteiger partial charge in [0.15, 0.2) is 14.8 Å². The quantitative estimate of drug-likeness (QED) is 0.195. The van der Waals surface area contributed by atoms with Crippen LogP contribution in [0.2, 0.25) is 20.2 Å². The van der Waals surface area contributed by atoms with Gasteiger partial charge < -0.3 is 0 Å². The van der Waals surface area contributed by atoms with Gasteiger partial charge in [0.05, 0.1) is 0 Å². The molecule has 0 N–H and O–H groups in total. The molecule has 0 aromatic rings. The van der Waals surface area contributed by atoms with Crippen LogP contribution in [0.4, 0.5) is 0 Å². The molecule has 0 aromatic heterocycles. The van der Waals surface area contributed by atoms with Crippen molar-refractivity contribution in [1.82, 2.24) is 0 Å². The van der Waals surface area contributed by atoms with E-state index >= 15 is 0 Å². The van der Waals surface area contributed by atoms with Gasteiger partial charge in [0.1, 0.15) is 0 Å². The Morgan fingerprint density at radius 3 is 0.467 bits per heavy atom. The maximum Gasteiger partial charge on any atom is 0.164 e. The number of hydrogen-bond acceptors (Lipinski definition) is 0. The van der Waals surface area contributed by atoms with Crippen LogP contribution in [0.15, 0.2) is 89.2 Å². The second-order valence-electron chi connectivity index (χ2n) is 15.1. The Hall–Kier alpha value is 0.249. The minimum absolute atomic E-state index is 0. The van der Waals surface area contributed by atoms with E-state index in [9.17, 15) is 0 Å². The SMILES string of the molecule is CC1=C(C)C(C)([Si](Br)C2(C)C(C)=C(C)C(C)=C2C)C(C)=C1C.CC1=C(C)C(C)([Si](Br)C2(C)C(C)=C(C)C(C)=C2C)C(C)=C1C.[Hg]. The Morgan fingerprint density at radius 1 is 0.289 bits per heavy atom. The molecular formula is C40H60Br2HgSi2. The molecule has 4 aliphatic carbocycles. The number of halogens is 2.